The minimum atomic E-state index is 0.0411. The molecule has 0 aromatic heterocycles. The van der Waals surface area contributed by atoms with E-state index in [4.69, 9.17) is 4.74 Å². The molecule has 3 rings (SSSR count). The molecule has 2 heterocycles. The smallest absolute Gasteiger partial charge is 0.234 e. The number of rotatable bonds is 5. The number of nitrogens with one attached hydrogen (secondary N) is 1. The first-order valence-electron chi connectivity index (χ1n) is 9.00. The highest BCUT2D eigenvalue weighted by molar-refractivity contribution is 5.78. The summed E-state index contributed by atoms with van der Waals surface area (Å²) >= 11 is 0. The van der Waals surface area contributed by atoms with Crippen molar-refractivity contribution in [2.45, 2.75) is 38.6 Å². The number of aliphatic hydroxyl groups excluding tert-OH is 1. The van der Waals surface area contributed by atoms with E-state index < -0.39 is 0 Å². The number of carbonyl (C=O) groups is 1. The predicted molar refractivity (Wildman–Crippen MR) is 92.9 cm³/mol. The average Bonchev–Trinajstić information content (AvgIpc) is 2.63. The van der Waals surface area contributed by atoms with Crippen LogP contribution in [0, 0.1) is 5.41 Å². The van der Waals surface area contributed by atoms with Crippen LogP contribution in [0.15, 0.2) is 24.3 Å². The van der Waals surface area contributed by atoms with Crippen molar-refractivity contribution in [1.82, 2.24) is 10.2 Å². The number of aliphatic hydroxyl groups is 1. The highest BCUT2D eigenvalue weighted by atomic mass is 16.5. The second-order valence-corrected chi connectivity index (χ2v) is 7.08. The molecular weight excluding hydrogens is 304 g/mol. The van der Waals surface area contributed by atoms with Gasteiger partial charge in [0.05, 0.1) is 19.2 Å². The zero-order valence-electron chi connectivity index (χ0n) is 14.5. The minimum Gasteiger partial charge on any atom is -0.493 e. The van der Waals surface area contributed by atoms with Crippen LogP contribution in [-0.2, 0) is 4.79 Å². The van der Waals surface area contributed by atoms with Gasteiger partial charge in [0.25, 0.3) is 0 Å². The van der Waals surface area contributed by atoms with Gasteiger partial charge in [-0.15, -0.1) is 0 Å². The molecule has 1 unspecified atom stereocenters. The molecule has 1 atom stereocenters. The fourth-order valence-electron chi connectivity index (χ4n) is 3.74. The highest BCUT2D eigenvalue weighted by Crippen LogP contribution is 2.34. The van der Waals surface area contributed by atoms with Gasteiger partial charge in [-0.3, -0.25) is 9.69 Å². The Labute approximate surface area is 144 Å². The van der Waals surface area contributed by atoms with Crippen molar-refractivity contribution in [2.24, 2.45) is 5.41 Å². The van der Waals surface area contributed by atoms with E-state index in [1.165, 1.54) is 0 Å². The third-order valence-corrected chi connectivity index (χ3v) is 5.66. The Morgan fingerprint density at radius 2 is 2.12 bits per heavy atom. The zero-order chi connectivity index (χ0) is 17.0. The molecule has 2 N–H and O–H groups in total. The molecule has 5 nitrogen and oxygen atoms in total. The molecule has 2 aliphatic rings. The molecule has 5 heteroatoms. The zero-order valence-corrected chi connectivity index (χ0v) is 14.5. The normalized spacial score (nSPS) is 23.2. The summed E-state index contributed by atoms with van der Waals surface area (Å²) in [5.41, 5.74) is 1.13. The summed E-state index contributed by atoms with van der Waals surface area (Å²) < 4.78 is 5.65. The standard InChI is InChI=1S/C19H28N2O3/c1-2-19(14-22)8-10-21(11-9-19)13-18(23)20-16-7-12-24-17-6-4-3-5-15(16)17/h3-6,16,22H,2,7-14H2,1H3,(H,20,23). The van der Waals surface area contributed by atoms with Crippen molar-refractivity contribution in [2.75, 3.05) is 32.8 Å². The van der Waals surface area contributed by atoms with Crippen molar-refractivity contribution in [3.8, 4) is 5.75 Å². The molecule has 0 saturated carbocycles. The van der Waals surface area contributed by atoms with E-state index in [2.05, 4.69) is 17.1 Å². The van der Waals surface area contributed by atoms with Crippen LogP contribution < -0.4 is 10.1 Å². The molecule has 24 heavy (non-hydrogen) atoms. The first-order chi connectivity index (χ1) is 11.7. The largest absolute Gasteiger partial charge is 0.493 e. The fourth-order valence-corrected chi connectivity index (χ4v) is 3.74. The van der Waals surface area contributed by atoms with Crippen LogP contribution >= 0.6 is 0 Å². The van der Waals surface area contributed by atoms with Gasteiger partial charge in [-0.25, -0.2) is 0 Å². The quantitative estimate of drug-likeness (QED) is 0.867. The van der Waals surface area contributed by atoms with Crippen LogP contribution in [-0.4, -0.2) is 48.8 Å². The van der Waals surface area contributed by atoms with Gasteiger partial charge in [0.2, 0.25) is 5.91 Å². The van der Waals surface area contributed by atoms with E-state index in [-0.39, 0.29) is 24.0 Å². The van der Waals surface area contributed by atoms with E-state index in [1.807, 2.05) is 24.3 Å². The Bertz CT molecular complexity index is 561. The lowest BCUT2D eigenvalue weighted by atomic mass is 9.77. The van der Waals surface area contributed by atoms with Crippen LogP contribution in [0.3, 0.4) is 0 Å². The molecule has 132 valence electrons. The van der Waals surface area contributed by atoms with Crippen LogP contribution in [0.1, 0.15) is 44.2 Å². The number of piperidine rings is 1. The summed E-state index contributed by atoms with van der Waals surface area (Å²) in [4.78, 5) is 14.6. The number of hydrogen-bond donors (Lipinski definition) is 2. The number of para-hydroxylation sites is 1. The molecular formula is C19H28N2O3. The predicted octanol–water partition coefficient (Wildman–Crippen LogP) is 2.11. The van der Waals surface area contributed by atoms with Crippen molar-refractivity contribution < 1.29 is 14.6 Å². The lowest BCUT2D eigenvalue weighted by molar-refractivity contribution is -0.123. The number of carbonyl (C=O) groups excluding carboxylic acids is 1. The SMILES string of the molecule is CCC1(CO)CCN(CC(=O)NC2CCOc3ccccc32)CC1. The molecule has 0 spiro atoms. The van der Waals surface area contributed by atoms with Gasteiger partial charge in [-0.05, 0) is 43.8 Å². The average molecular weight is 332 g/mol. The maximum Gasteiger partial charge on any atom is 0.234 e. The van der Waals surface area contributed by atoms with Crippen LogP contribution in [0.5, 0.6) is 5.75 Å². The topological polar surface area (TPSA) is 61.8 Å². The molecule has 0 bridgehead atoms. The Morgan fingerprint density at radius 1 is 1.38 bits per heavy atom. The van der Waals surface area contributed by atoms with Crippen molar-refractivity contribution >= 4 is 5.91 Å². The lowest BCUT2D eigenvalue weighted by Gasteiger charge is -2.40. The molecule has 1 fully saturated rings. The Hall–Kier alpha value is -1.59. The number of hydrogen-bond acceptors (Lipinski definition) is 4. The third kappa shape index (κ3) is 3.73. The van der Waals surface area contributed by atoms with Gasteiger partial charge >= 0.3 is 0 Å². The van der Waals surface area contributed by atoms with Gasteiger partial charge in [-0.1, -0.05) is 25.1 Å². The van der Waals surface area contributed by atoms with Crippen LogP contribution in [0.25, 0.3) is 0 Å². The van der Waals surface area contributed by atoms with Gasteiger partial charge in [-0.2, -0.15) is 0 Å². The summed E-state index contributed by atoms with van der Waals surface area (Å²) in [6.45, 7) is 5.23. The summed E-state index contributed by atoms with van der Waals surface area (Å²) in [7, 11) is 0. The van der Waals surface area contributed by atoms with Gasteiger partial charge < -0.3 is 15.2 Å². The number of amides is 1. The van der Waals surface area contributed by atoms with Gasteiger partial charge in [0.1, 0.15) is 5.75 Å². The van der Waals surface area contributed by atoms with E-state index in [0.29, 0.717) is 13.2 Å². The van der Waals surface area contributed by atoms with Gasteiger partial charge in [0.15, 0.2) is 0 Å². The maximum atomic E-state index is 12.4. The summed E-state index contributed by atoms with van der Waals surface area (Å²) in [6, 6.07) is 7.96. The first-order valence-corrected chi connectivity index (χ1v) is 9.00. The Morgan fingerprint density at radius 3 is 2.83 bits per heavy atom. The summed E-state index contributed by atoms with van der Waals surface area (Å²) in [6.07, 6.45) is 3.75. The number of likely N-dealkylation sites (tertiary alicyclic amines) is 1. The molecule has 2 aliphatic heterocycles. The minimum absolute atomic E-state index is 0.0411. The lowest BCUT2D eigenvalue weighted by Crippen LogP contribution is -2.46. The Kier molecular flexibility index (Phi) is 5.41. The van der Waals surface area contributed by atoms with Crippen LogP contribution in [0.2, 0.25) is 0 Å². The maximum absolute atomic E-state index is 12.4. The Balaban J connectivity index is 1.52. The second kappa shape index (κ2) is 7.53. The molecule has 1 aromatic rings. The van der Waals surface area contributed by atoms with Crippen molar-refractivity contribution in [1.29, 1.82) is 0 Å². The summed E-state index contributed by atoms with van der Waals surface area (Å²) in [5, 5.41) is 12.8. The number of nitrogens with zero attached hydrogens (tertiary/aromatic N) is 1. The monoisotopic (exact) mass is 332 g/mol. The van der Waals surface area contributed by atoms with Crippen molar-refractivity contribution in [3.05, 3.63) is 29.8 Å². The fraction of sp³-hybridized carbons (Fsp3) is 0.632. The van der Waals surface area contributed by atoms with E-state index in [0.717, 1.165) is 50.1 Å². The van der Waals surface area contributed by atoms with Crippen molar-refractivity contribution in [3.63, 3.8) is 0 Å². The molecule has 0 radical (unpaired) electrons. The molecule has 1 amide bonds. The van der Waals surface area contributed by atoms with Gasteiger partial charge in [0, 0.05) is 18.6 Å². The summed E-state index contributed by atoms with van der Waals surface area (Å²) in [5.74, 6) is 0.951. The third-order valence-electron chi connectivity index (χ3n) is 5.66. The van der Waals surface area contributed by atoms with E-state index >= 15 is 0 Å². The molecule has 1 saturated heterocycles. The highest BCUT2D eigenvalue weighted by Gasteiger charge is 2.33. The number of ether oxygens (including phenoxy) is 1. The number of fused-ring (bicyclic) bond motifs is 1. The second-order valence-electron chi connectivity index (χ2n) is 7.08. The van der Waals surface area contributed by atoms with E-state index in [9.17, 15) is 9.90 Å². The van der Waals surface area contributed by atoms with Crippen LogP contribution in [0.4, 0.5) is 0 Å². The number of benzene rings is 1. The van der Waals surface area contributed by atoms with E-state index in [1.54, 1.807) is 0 Å². The molecule has 1 aromatic carbocycles. The first kappa shape index (κ1) is 17.2. The molecule has 0 aliphatic carbocycles.